The highest BCUT2D eigenvalue weighted by Gasteiger charge is 2.35. The molecule has 0 aliphatic heterocycles. The van der Waals surface area contributed by atoms with Crippen LogP contribution in [0.4, 0.5) is 8.78 Å². The second-order valence-electron chi connectivity index (χ2n) is 3.39. The Morgan fingerprint density at radius 3 is 2.41 bits per heavy atom. The molecule has 5 heteroatoms. The van der Waals surface area contributed by atoms with Crippen molar-refractivity contribution in [3.8, 4) is 0 Å². The lowest BCUT2D eigenvalue weighted by Crippen LogP contribution is -2.23. The van der Waals surface area contributed by atoms with Crippen molar-refractivity contribution < 1.29 is 23.4 Å². The third kappa shape index (κ3) is 2.88. The molecule has 0 amide bonds. The van der Waals surface area contributed by atoms with E-state index in [9.17, 15) is 18.7 Å². The maximum Gasteiger partial charge on any atom is 0.337 e. The lowest BCUT2D eigenvalue weighted by atomic mass is 10.0. The normalized spacial score (nSPS) is 12.9. The highest BCUT2D eigenvalue weighted by molar-refractivity contribution is 5.89. The van der Waals surface area contributed by atoms with Crippen molar-refractivity contribution in [2.75, 3.05) is 7.11 Å². The zero-order valence-electron chi connectivity index (χ0n) is 9.19. The number of esters is 1. The summed E-state index contributed by atoms with van der Waals surface area (Å²) in [6.07, 6.45) is -1.60. The second kappa shape index (κ2) is 5.05. The molecule has 92 valence electrons. The number of halogens is 2. The summed E-state index contributed by atoms with van der Waals surface area (Å²) in [6.45, 7) is 2.95. The summed E-state index contributed by atoms with van der Waals surface area (Å²) in [4.78, 5) is 11.1. The third-order valence-corrected chi connectivity index (χ3v) is 2.28. The highest BCUT2D eigenvalue weighted by atomic mass is 19.3. The predicted octanol–water partition coefficient (Wildman–Crippen LogP) is 2.33. The zero-order chi connectivity index (χ0) is 13.1. The summed E-state index contributed by atoms with van der Waals surface area (Å²) >= 11 is 0. The van der Waals surface area contributed by atoms with Crippen LogP contribution >= 0.6 is 0 Å². The molecule has 0 aliphatic rings. The lowest BCUT2D eigenvalue weighted by Gasteiger charge is -2.19. The molecule has 0 unspecified atom stereocenters. The Labute approximate surface area is 97.3 Å². The molecule has 0 saturated carbocycles. The van der Waals surface area contributed by atoms with Crippen LogP contribution in [0.3, 0.4) is 0 Å². The average molecular weight is 242 g/mol. The van der Waals surface area contributed by atoms with Gasteiger partial charge in [0.15, 0.2) is 0 Å². The molecular weight excluding hydrogens is 230 g/mol. The summed E-state index contributed by atoms with van der Waals surface area (Å²) < 4.78 is 30.7. The van der Waals surface area contributed by atoms with Crippen LogP contribution in [0.15, 0.2) is 36.9 Å². The fraction of sp³-hybridized carbons (Fsp3) is 0.250. The molecule has 0 aromatic heterocycles. The molecule has 3 nitrogen and oxygen atoms in total. The van der Waals surface area contributed by atoms with Crippen LogP contribution in [0.25, 0.3) is 0 Å². The van der Waals surface area contributed by atoms with E-state index in [4.69, 9.17) is 0 Å². The van der Waals surface area contributed by atoms with Gasteiger partial charge in [0.25, 0.3) is 5.92 Å². The van der Waals surface area contributed by atoms with Crippen molar-refractivity contribution in [2.45, 2.75) is 12.0 Å². The summed E-state index contributed by atoms with van der Waals surface area (Å²) in [6, 6.07) is 5.11. The molecule has 1 atom stereocenters. The zero-order valence-corrected chi connectivity index (χ0v) is 9.19. The summed E-state index contributed by atoms with van der Waals surface area (Å²) in [5, 5.41) is 9.40. The lowest BCUT2D eigenvalue weighted by molar-refractivity contribution is -0.0712. The van der Waals surface area contributed by atoms with Gasteiger partial charge in [-0.05, 0) is 23.8 Å². The quantitative estimate of drug-likeness (QED) is 0.651. The number of hydrogen-bond donors (Lipinski definition) is 1. The Morgan fingerprint density at radius 2 is 2.00 bits per heavy atom. The molecule has 17 heavy (non-hydrogen) atoms. The van der Waals surface area contributed by atoms with Crippen molar-refractivity contribution in [1.82, 2.24) is 0 Å². The fourth-order valence-electron chi connectivity index (χ4n) is 1.25. The van der Waals surface area contributed by atoms with Crippen molar-refractivity contribution >= 4 is 5.97 Å². The van der Waals surface area contributed by atoms with E-state index in [0.717, 1.165) is 0 Å². The summed E-state index contributed by atoms with van der Waals surface area (Å²) in [5.74, 6) is -3.98. The summed E-state index contributed by atoms with van der Waals surface area (Å²) in [5.41, 5.74) is 0.230. The minimum absolute atomic E-state index is 0.00236. The van der Waals surface area contributed by atoms with Gasteiger partial charge < -0.3 is 9.84 Å². The van der Waals surface area contributed by atoms with Gasteiger partial charge in [-0.25, -0.2) is 4.79 Å². The number of hydrogen-bond acceptors (Lipinski definition) is 3. The Balaban J connectivity index is 2.95. The van der Waals surface area contributed by atoms with E-state index in [-0.39, 0.29) is 11.1 Å². The van der Waals surface area contributed by atoms with Crippen LogP contribution in [-0.2, 0) is 4.74 Å². The standard InChI is InChI=1S/C12H12F2O3/c1-3-12(13,14)10(15)8-4-6-9(7-5-8)11(16)17-2/h3-7,10,15H,1H2,2H3/t10-/m0/s1. The molecule has 0 saturated heterocycles. The van der Waals surface area contributed by atoms with Gasteiger partial charge in [-0.1, -0.05) is 18.7 Å². The van der Waals surface area contributed by atoms with E-state index in [1.54, 1.807) is 0 Å². The minimum Gasteiger partial charge on any atom is -0.465 e. The Kier molecular flexibility index (Phi) is 3.96. The van der Waals surface area contributed by atoms with Crippen molar-refractivity contribution in [3.63, 3.8) is 0 Å². The Morgan fingerprint density at radius 1 is 1.47 bits per heavy atom. The second-order valence-corrected chi connectivity index (χ2v) is 3.39. The molecule has 1 aromatic carbocycles. The first-order valence-electron chi connectivity index (χ1n) is 4.80. The number of ether oxygens (including phenoxy) is 1. The van der Waals surface area contributed by atoms with E-state index < -0.39 is 18.0 Å². The SMILES string of the molecule is C=CC(F)(F)[C@@H](O)c1ccc(C(=O)OC)cc1. The number of alkyl halides is 2. The van der Waals surface area contributed by atoms with Gasteiger partial charge in [-0.3, -0.25) is 0 Å². The average Bonchev–Trinajstić information content (AvgIpc) is 2.37. The Bertz CT molecular complexity index is 412. The van der Waals surface area contributed by atoms with Crippen LogP contribution in [0.2, 0.25) is 0 Å². The van der Waals surface area contributed by atoms with E-state index in [1.807, 2.05) is 0 Å². The molecule has 0 heterocycles. The van der Waals surface area contributed by atoms with Gasteiger partial charge in [0, 0.05) is 0 Å². The van der Waals surface area contributed by atoms with E-state index in [1.165, 1.54) is 31.4 Å². The number of benzene rings is 1. The van der Waals surface area contributed by atoms with E-state index in [2.05, 4.69) is 11.3 Å². The molecule has 0 radical (unpaired) electrons. The van der Waals surface area contributed by atoms with Crippen LogP contribution in [-0.4, -0.2) is 24.1 Å². The molecule has 1 aromatic rings. The van der Waals surface area contributed by atoms with Crippen LogP contribution in [0.5, 0.6) is 0 Å². The van der Waals surface area contributed by atoms with Gasteiger partial charge in [-0.15, -0.1) is 0 Å². The monoisotopic (exact) mass is 242 g/mol. The molecular formula is C12H12F2O3. The number of aliphatic hydroxyl groups is 1. The Hall–Kier alpha value is -1.75. The molecule has 0 fully saturated rings. The summed E-state index contributed by atoms with van der Waals surface area (Å²) in [7, 11) is 1.22. The highest BCUT2D eigenvalue weighted by Crippen LogP contribution is 2.32. The minimum atomic E-state index is -3.41. The smallest absolute Gasteiger partial charge is 0.337 e. The first-order chi connectivity index (χ1) is 7.92. The fourth-order valence-corrected chi connectivity index (χ4v) is 1.25. The predicted molar refractivity (Wildman–Crippen MR) is 57.9 cm³/mol. The maximum atomic E-state index is 13.1. The topological polar surface area (TPSA) is 46.5 Å². The van der Waals surface area contributed by atoms with Gasteiger partial charge in [0.05, 0.1) is 12.7 Å². The number of carbonyl (C=O) groups is 1. The van der Waals surface area contributed by atoms with Crippen molar-refractivity contribution in [2.24, 2.45) is 0 Å². The molecule has 1 N–H and O–H groups in total. The number of carbonyl (C=O) groups excluding carboxylic acids is 1. The largest absolute Gasteiger partial charge is 0.465 e. The maximum absolute atomic E-state index is 13.1. The first-order valence-corrected chi connectivity index (χ1v) is 4.80. The van der Waals surface area contributed by atoms with Gasteiger partial charge >= 0.3 is 5.97 Å². The molecule has 0 aliphatic carbocycles. The van der Waals surface area contributed by atoms with Gasteiger partial charge in [0.1, 0.15) is 6.10 Å². The van der Waals surface area contributed by atoms with E-state index in [0.29, 0.717) is 6.08 Å². The van der Waals surface area contributed by atoms with Gasteiger partial charge in [0.2, 0.25) is 0 Å². The number of aliphatic hydroxyl groups excluding tert-OH is 1. The number of rotatable bonds is 4. The third-order valence-electron chi connectivity index (χ3n) is 2.28. The molecule has 0 spiro atoms. The molecule has 0 bridgehead atoms. The first kappa shape index (κ1) is 13.3. The number of methoxy groups -OCH3 is 1. The van der Waals surface area contributed by atoms with Crippen LogP contribution < -0.4 is 0 Å². The van der Waals surface area contributed by atoms with Crippen molar-refractivity contribution in [3.05, 3.63) is 48.0 Å². The van der Waals surface area contributed by atoms with Crippen LogP contribution in [0, 0.1) is 0 Å². The molecule has 1 rings (SSSR count). The van der Waals surface area contributed by atoms with Crippen LogP contribution in [0.1, 0.15) is 22.0 Å². The van der Waals surface area contributed by atoms with Gasteiger partial charge in [-0.2, -0.15) is 8.78 Å². The van der Waals surface area contributed by atoms with Crippen molar-refractivity contribution in [1.29, 1.82) is 0 Å². The van der Waals surface area contributed by atoms with E-state index >= 15 is 0 Å².